The van der Waals surface area contributed by atoms with Gasteiger partial charge in [0.15, 0.2) is 5.16 Å². The zero-order valence-electron chi connectivity index (χ0n) is 9.56. The Labute approximate surface area is 127 Å². The Hall–Kier alpha value is -0.480. The highest BCUT2D eigenvalue weighted by Gasteiger charge is 2.02. The zero-order chi connectivity index (χ0) is 12.3. The van der Waals surface area contributed by atoms with Crippen molar-refractivity contribution in [3.05, 3.63) is 51.8 Å². The van der Waals surface area contributed by atoms with E-state index < -0.39 is 0 Å². The van der Waals surface area contributed by atoms with E-state index in [4.69, 9.17) is 23.2 Å². The lowest BCUT2D eigenvalue weighted by atomic mass is 10.2. The van der Waals surface area contributed by atoms with Crippen LogP contribution < -0.4 is 0 Å². The number of rotatable bonds is 3. The summed E-state index contributed by atoms with van der Waals surface area (Å²) in [6.07, 6.45) is 1.76. The molecule has 1 heterocycles. The SMILES string of the molecule is Cc1ccnc(SCc2ccc(Cl)c(Cl)c2)n1.Cl. The average molecular weight is 322 g/mol. The first-order valence-electron chi connectivity index (χ1n) is 5.01. The summed E-state index contributed by atoms with van der Waals surface area (Å²) in [5.41, 5.74) is 2.08. The van der Waals surface area contributed by atoms with E-state index in [1.165, 1.54) is 0 Å². The van der Waals surface area contributed by atoms with E-state index in [-0.39, 0.29) is 12.4 Å². The van der Waals surface area contributed by atoms with Gasteiger partial charge < -0.3 is 0 Å². The fourth-order valence-electron chi connectivity index (χ4n) is 1.27. The summed E-state index contributed by atoms with van der Waals surface area (Å²) in [4.78, 5) is 8.51. The summed E-state index contributed by atoms with van der Waals surface area (Å²) < 4.78 is 0. The van der Waals surface area contributed by atoms with Gasteiger partial charge in [-0.3, -0.25) is 0 Å². The third-order valence-corrected chi connectivity index (χ3v) is 3.80. The molecule has 0 saturated heterocycles. The number of halogens is 3. The molecule has 0 amide bonds. The maximum absolute atomic E-state index is 5.95. The van der Waals surface area contributed by atoms with Gasteiger partial charge in [-0.25, -0.2) is 9.97 Å². The van der Waals surface area contributed by atoms with Gasteiger partial charge in [-0.05, 0) is 30.7 Å². The van der Waals surface area contributed by atoms with E-state index in [1.54, 1.807) is 24.0 Å². The second-order valence-corrected chi connectivity index (χ2v) is 5.27. The number of hydrogen-bond donors (Lipinski definition) is 0. The van der Waals surface area contributed by atoms with Crippen LogP contribution in [0, 0.1) is 6.92 Å². The van der Waals surface area contributed by atoms with Crippen molar-refractivity contribution in [3.63, 3.8) is 0 Å². The molecule has 0 fully saturated rings. The van der Waals surface area contributed by atoms with Gasteiger partial charge in [-0.1, -0.05) is 41.0 Å². The fourth-order valence-corrected chi connectivity index (χ4v) is 2.41. The van der Waals surface area contributed by atoms with Crippen LogP contribution in [0.15, 0.2) is 35.6 Å². The molecule has 1 aromatic carbocycles. The minimum atomic E-state index is 0. The second-order valence-electron chi connectivity index (χ2n) is 3.52. The molecule has 6 heteroatoms. The number of aromatic nitrogens is 2. The van der Waals surface area contributed by atoms with Gasteiger partial charge >= 0.3 is 0 Å². The van der Waals surface area contributed by atoms with Gasteiger partial charge in [-0.2, -0.15) is 0 Å². The fraction of sp³-hybridized carbons (Fsp3) is 0.167. The number of aryl methyl sites for hydroxylation is 1. The maximum atomic E-state index is 5.95. The molecule has 0 aliphatic heterocycles. The highest BCUT2D eigenvalue weighted by molar-refractivity contribution is 7.98. The van der Waals surface area contributed by atoms with E-state index in [0.29, 0.717) is 10.0 Å². The van der Waals surface area contributed by atoms with E-state index in [9.17, 15) is 0 Å². The van der Waals surface area contributed by atoms with Crippen LogP contribution in [0.3, 0.4) is 0 Å². The lowest BCUT2D eigenvalue weighted by Crippen LogP contribution is -1.89. The van der Waals surface area contributed by atoms with Crippen LogP contribution in [-0.4, -0.2) is 9.97 Å². The molecule has 0 saturated carbocycles. The van der Waals surface area contributed by atoms with Crippen molar-refractivity contribution in [2.45, 2.75) is 17.8 Å². The van der Waals surface area contributed by atoms with Crippen LogP contribution in [0.5, 0.6) is 0 Å². The van der Waals surface area contributed by atoms with E-state index in [0.717, 1.165) is 22.2 Å². The molecular formula is C12H11Cl3N2S. The number of thioether (sulfide) groups is 1. The molecule has 0 bridgehead atoms. The molecule has 0 unspecified atom stereocenters. The maximum Gasteiger partial charge on any atom is 0.188 e. The first kappa shape index (κ1) is 15.6. The quantitative estimate of drug-likeness (QED) is 0.599. The largest absolute Gasteiger partial charge is 0.231 e. The third-order valence-electron chi connectivity index (χ3n) is 2.12. The molecule has 1 aromatic heterocycles. The van der Waals surface area contributed by atoms with Crippen LogP contribution in [0.25, 0.3) is 0 Å². The summed E-state index contributed by atoms with van der Waals surface area (Å²) in [5, 5.41) is 1.93. The topological polar surface area (TPSA) is 25.8 Å². The predicted molar refractivity (Wildman–Crippen MR) is 80.0 cm³/mol. The number of nitrogens with zero attached hydrogens (tertiary/aromatic N) is 2. The van der Waals surface area contributed by atoms with Crippen LogP contribution in [0.1, 0.15) is 11.3 Å². The van der Waals surface area contributed by atoms with Gasteiger partial charge in [0.1, 0.15) is 0 Å². The molecule has 0 aliphatic rings. The Morgan fingerprint density at radius 3 is 2.61 bits per heavy atom. The highest BCUT2D eigenvalue weighted by Crippen LogP contribution is 2.26. The minimum Gasteiger partial charge on any atom is -0.231 e. The van der Waals surface area contributed by atoms with Crippen molar-refractivity contribution in [2.75, 3.05) is 0 Å². The lowest BCUT2D eigenvalue weighted by Gasteiger charge is -2.03. The summed E-state index contributed by atoms with van der Waals surface area (Å²) >= 11 is 13.4. The van der Waals surface area contributed by atoms with Gasteiger partial charge in [0.05, 0.1) is 10.0 Å². The Kier molecular flexibility index (Phi) is 6.22. The van der Waals surface area contributed by atoms with Crippen molar-refractivity contribution in [1.82, 2.24) is 9.97 Å². The third kappa shape index (κ3) is 4.32. The summed E-state index contributed by atoms with van der Waals surface area (Å²) in [6.45, 7) is 1.95. The molecule has 0 aliphatic carbocycles. The Morgan fingerprint density at radius 2 is 1.94 bits per heavy atom. The normalized spacial score (nSPS) is 9.94. The number of hydrogen-bond acceptors (Lipinski definition) is 3. The van der Waals surface area contributed by atoms with Gasteiger partial charge in [0, 0.05) is 17.6 Å². The van der Waals surface area contributed by atoms with Crippen LogP contribution in [0.4, 0.5) is 0 Å². The predicted octanol–water partition coefficient (Wildman–Crippen LogP) is 4.81. The highest BCUT2D eigenvalue weighted by atomic mass is 35.5. The minimum absolute atomic E-state index is 0. The number of benzene rings is 1. The van der Waals surface area contributed by atoms with Gasteiger partial charge in [-0.15, -0.1) is 12.4 Å². The Balaban J connectivity index is 0.00000162. The molecular weight excluding hydrogens is 311 g/mol. The summed E-state index contributed by atoms with van der Waals surface area (Å²) in [5.74, 6) is 0.778. The Bertz CT molecular complexity index is 534. The molecule has 2 rings (SSSR count). The van der Waals surface area contributed by atoms with Crippen molar-refractivity contribution in [2.24, 2.45) is 0 Å². The van der Waals surface area contributed by atoms with Crippen LogP contribution in [-0.2, 0) is 5.75 Å². The van der Waals surface area contributed by atoms with E-state index in [2.05, 4.69) is 9.97 Å². The summed E-state index contributed by atoms with van der Waals surface area (Å²) in [6, 6.07) is 7.50. The molecule has 0 spiro atoms. The first-order valence-corrected chi connectivity index (χ1v) is 6.75. The van der Waals surface area contributed by atoms with Gasteiger partial charge in [0.25, 0.3) is 0 Å². The Morgan fingerprint density at radius 1 is 1.17 bits per heavy atom. The van der Waals surface area contributed by atoms with Crippen molar-refractivity contribution < 1.29 is 0 Å². The van der Waals surface area contributed by atoms with Crippen LogP contribution in [0.2, 0.25) is 10.0 Å². The van der Waals surface area contributed by atoms with Gasteiger partial charge in [0.2, 0.25) is 0 Å². The molecule has 0 N–H and O–H groups in total. The molecule has 2 aromatic rings. The first-order chi connectivity index (χ1) is 8.15. The van der Waals surface area contributed by atoms with Crippen LogP contribution >= 0.6 is 47.4 Å². The van der Waals surface area contributed by atoms with Crippen molar-refractivity contribution >= 4 is 47.4 Å². The lowest BCUT2D eigenvalue weighted by molar-refractivity contribution is 0.932. The zero-order valence-corrected chi connectivity index (χ0v) is 12.7. The average Bonchev–Trinajstić information content (AvgIpc) is 2.31. The van der Waals surface area contributed by atoms with Crippen molar-refractivity contribution in [3.8, 4) is 0 Å². The molecule has 0 radical (unpaired) electrons. The second kappa shape index (κ2) is 7.19. The smallest absolute Gasteiger partial charge is 0.188 e. The standard InChI is InChI=1S/C12H10Cl2N2S.ClH/c1-8-4-5-15-12(16-8)17-7-9-2-3-10(13)11(14)6-9;/h2-6H,7H2,1H3;1H. The van der Waals surface area contributed by atoms with Crippen molar-refractivity contribution in [1.29, 1.82) is 0 Å². The van der Waals surface area contributed by atoms with E-state index in [1.807, 2.05) is 25.1 Å². The van der Waals surface area contributed by atoms with E-state index >= 15 is 0 Å². The molecule has 18 heavy (non-hydrogen) atoms. The molecule has 2 nitrogen and oxygen atoms in total. The molecule has 0 atom stereocenters. The summed E-state index contributed by atoms with van der Waals surface area (Å²) in [7, 11) is 0. The monoisotopic (exact) mass is 320 g/mol. The molecule has 96 valence electrons.